The van der Waals surface area contributed by atoms with E-state index in [1.807, 2.05) is 6.07 Å². The topological polar surface area (TPSA) is 108 Å². The molecule has 0 aliphatic carbocycles. The predicted octanol–water partition coefficient (Wildman–Crippen LogP) is 3.01. The second kappa shape index (κ2) is 8.51. The Balaban J connectivity index is 1.45. The van der Waals surface area contributed by atoms with Gasteiger partial charge in [0.2, 0.25) is 10.0 Å². The second-order valence-electron chi connectivity index (χ2n) is 6.89. The summed E-state index contributed by atoms with van der Waals surface area (Å²) < 4.78 is 32.4. The Hall–Kier alpha value is -3.19. The van der Waals surface area contributed by atoms with Gasteiger partial charge in [-0.25, -0.2) is 8.42 Å². The molecule has 1 amide bonds. The quantitative estimate of drug-likeness (QED) is 0.597. The Bertz CT molecular complexity index is 1260. The molecule has 1 aromatic heterocycles. The third-order valence-corrected chi connectivity index (χ3v) is 7.22. The number of benzene rings is 2. The lowest BCUT2D eigenvalue weighted by molar-refractivity contribution is 0.0687. The summed E-state index contributed by atoms with van der Waals surface area (Å²) in [5, 5.41) is 13.7. The van der Waals surface area contributed by atoms with Crippen LogP contribution < -0.4 is 0 Å². The fraction of sp³-hybridized carbons (Fsp3) is 0.190. The summed E-state index contributed by atoms with van der Waals surface area (Å²) in [6.45, 7) is 0.650. The molecule has 2 heterocycles. The summed E-state index contributed by atoms with van der Waals surface area (Å²) in [6, 6.07) is 16.5. The molecule has 0 radical (unpaired) electrons. The van der Waals surface area contributed by atoms with E-state index < -0.39 is 10.0 Å². The molecule has 31 heavy (non-hydrogen) atoms. The normalized spacial score (nSPS) is 14.9. The highest BCUT2D eigenvalue weighted by Gasteiger charge is 2.32. The van der Waals surface area contributed by atoms with Crippen LogP contribution in [0.1, 0.15) is 16.1 Å². The van der Waals surface area contributed by atoms with Crippen LogP contribution in [0.15, 0.2) is 64.0 Å². The molecule has 10 heteroatoms. The average molecular weight is 457 g/mol. The van der Waals surface area contributed by atoms with Crippen molar-refractivity contribution < 1.29 is 17.7 Å². The van der Waals surface area contributed by atoms with E-state index in [-0.39, 0.29) is 48.2 Å². The SMILES string of the molecule is N#Cc1ccccc1S(=O)(=O)N1CCN(C(=O)c2cc(-c3ccc(Cl)cc3)on2)CC1. The van der Waals surface area contributed by atoms with Crippen LogP contribution >= 0.6 is 11.6 Å². The molecule has 8 nitrogen and oxygen atoms in total. The van der Waals surface area contributed by atoms with Crippen molar-refractivity contribution in [2.75, 3.05) is 26.2 Å². The summed E-state index contributed by atoms with van der Waals surface area (Å²) in [5.74, 6) is 0.104. The molecule has 0 unspecified atom stereocenters. The van der Waals surface area contributed by atoms with E-state index in [2.05, 4.69) is 5.16 Å². The lowest BCUT2D eigenvalue weighted by Crippen LogP contribution is -2.50. The Morgan fingerprint density at radius 3 is 2.42 bits per heavy atom. The van der Waals surface area contributed by atoms with Crippen molar-refractivity contribution in [3.8, 4) is 17.4 Å². The van der Waals surface area contributed by atoms with Gasteiger partial charge >= 0.3 is 0 Å². The lowest BCUT2D eigenvalue weighted by atomic mass is 10.1. The maximum absolute atomic E-state index is 12.9. The van der Waals surface area contributed by atoms with Gasteiger partial charge in [-0.05, 0) is 36.4 Å². The van der Waals surface area contributed by atoms with E-state index in [4.69, 9.17) is 16.1 Å². The van der Waals surface area contributed by atoms with E-state index in [1.54, 1.807) is 42.5 Å². The van der Waals surface area contributed by atoms with Crippen molar-refractivity contribution in [3.05, 3.63) is 70.9 Å². The fourth-order valence-electron chi connectivity index (χ4n) is 3.34. The van der Waals surface area contributed by atoms with Gasteiger partial charge in [-0.2, -0.15) is 9.57 Å². The molecule has 2 aromatic carbocycles. The summed E-state index contributed by atoms with van der Waals surface area (Å²) in [7, 11) is -3.83. The number of rotatable bonds is 4. The molecule has 158 valence electrons. The number of hydrogen-bond donors (Lipinski definition) is 0. The van der Waals surface area contributed by atoms with Crippen LogP contribution in [0.2, 0.25) is 5.02 Å². The van der Waals surface area contributed by atoms with E-state index in [0.717, 1.165) is 5.56 Å². The van der Waals surface area contributed by atoms with Crippen LogP contribution in [0.4, 0.5) is 0 Å². The predicted molar refractivity (Wildman–Crippen MR) is 113 cm³/mol. The first-order valence-electron chi connectivity index (χ1n) is 9.41. The van der Waals surface area contributed by atoms with Gasteiger partial charge in [0.1, 0.15) is 6.07 Å². The Morgan fingerprint density at radius 1 is 1.06 bits per heavy atom. The van der Waals surface area contributed by atoms with Gasteiger partial charge in [-0.3, -0.25) is 4.79 Å². The van der Waals surface area contributed by atoms with Crippen molar-refractivity contribution in [1.29, 1.82) is 5.26 Å². The number of piperazine rings is 1. The Morgan fingerprint density at radius 2 is 1.74 bits per heavy atom. The first kappa shape index (κ1) is 21.1. The highest BCUT2D eigenvalue weighted by Crippen LogP contribution is 2.24. The fourth-order valence-corrected chi connectivity index (χ4v) is 5.03. The third-order valence-electron chi connectivity index (χ3n) is 5.01. The number of hydrogen-bond acceptors (Lipinski definition) is 6. The monoisotopic (exact) mass is 456 g/mol. The van der Waals surface area contributed by atoms with Crippen molar-refractivity contribution in [3.63, 3.8) is 0 Å². The zero-order valence-corrected chi connectivity index (χ0v) is 17.8. The number of aromatic nitrogens is 1. The van der Waals surface area contributed by atoms with Gasteiger partial charge in [0.15, 0.2) is 11.5 Å². The molecular weight excluding hydrogens is 440 g/mol. The van der Waals surface area contributed by atoms with Gasteiger partial charge in [-0.1, -0.05) is 28.9 Å². The second-order valence-corrected chi connectivity index (χ2v) is 9.23. The number of nitrogens with zero attached hydrogens (tertiary/aromatic N) is 4. The summed E-state index contributed by atoms with van der Waals surface area (Å²) in [5.41, 5.74) is 0.984. The number of nitriles is 1. The Labute approximate surface area is 184 Å². The third kappa shape index (κ3) is 4.18. The average Bonchev–Trinajstić information content (AvgIpc) is 3.29. The minimum absolute atomic E-state index is 0.0265. The lowest BCUT2D eigenvalue weighted by Gasteiger charge is -2.33. The summed E-state index contributed by atoms with van der Waals surface area (Å²) in [6.07, 6.45) is 0. The molecule has 1 saturated heterocycles. The first-order chi connectivity index (χ1) is 14.9. The maximum atomic E-state index is 12.9. The largest absolute Gasteiger partial charge is 0.355 e. The van der Waals surface area contributed by atoms with Crippen LogP contribution in [0.3, 0.4) is 0 Å². The number of halogens is 1. The number of carbonyl (C=O) groups excluding carboxylic acids is 1. The molecule has 1 aliphatic heterocycles. The van der Waals surface area contributed by atoms with E-state index in [9.17, 15) is 18.5 Å². The standard InChI is InChI=1S/C21H17ClN4O4S/c22-17-7-5-15(6-8-17)19-13-18(24-30-19)21(27)25-9-11-26(12-10-25)31(28,29)20-4-2-1-3-16(20)14-23/h1-8,13H,9-12H2. The van der Waals surface area contributed by atoms with Crippen molar-refractivity contribution in [2.24, 2.45) is 0 Å². The highest BCUT2D eigenvalue weighted by molar-refractivity contribution is 7.89. The van der Waals surface area contributed by atoms with Crippen LogP contribution in [0, 0.1) is 11.3 Å². The minimum atomic E-state index is -3.83. The van der Waals surface area contributed by atoms with Crippen molar-refractivity contribution in [1.82, 2.24) is 14.4 Å². The molecule has 0 N–H and O–H groups in total. The molecule has 1 fully saturated rings. The number of amides is 1. The van der Waals surface area contributed by atoms with Crippen molar-refractivity contribution in [2.45, 2.75) is 4.90 Å². The Kier molecular flexibility index (Phi) is 5.78. The number of sulfonamides is 1. The van der Waals surface area contributed by atoms with E-state index in [0.29, 0.717) is 10.8 Å². The zero-order chi connectivity index (χ0) is 22.0. The van der Waals surface area contributed by atoms with Crippen LogP contribution in [0.25, 0.3) is 11.3 Å². The van der Waals surface area contributed by atoms with Crippen molar-refractivity contribution >= 4 is 27.5 Å². The smallest absolute Gasteiger partial charge is 0.276 e. The molecule has 0 bridgehead atoms. The van der Waals surface area contributed by atoms with Crippen LogP contribution in [0.5, 0.6) is 0 Å². The van der Waals surface area contributed by atoms with Gasteiger partial charge in [-0.15, -0.1) is 0 Å². The van der Waals surface area contributed by atoms with Gasteiger partial charge < -0.3 is 9.42 Å². The maximum Gasteiger partial charge on any atom is 0.276 e. The molecule has 3 aromatic rings. The molecule has 0 atom stereocenters. The molecular formula is C21H17ClN4O4S. The minimum Gasteiger partial charge on any atom is -0.355 e. The highest BCUT2D eigenvalue weighted by atomic mass is 35.5. The van der Waals surface area contributed by atoms with Gasteiger partial charge in [0, 0.05) is 42.8 Å². The molecule has 1 aliphatic rings. The first-order valence-corrected chi connectivity index (χ1v) is 11.2. The zero-order valence-electron chi connectivity index (χ0n) is 16.2. The number of carbonyl (C=O) groups is 1. The van der Waals surface area contributed by atoms with Gasteiger partial charge in [0.25, 0.3) is 5.91 Å². The van der Waals surface area contributed by atoms with E-state index >= 15 is 0 Å². The van der Waals surface area contributed by atoms with Crippen LogP contribution in [-0.2, 0) is 10.0 Å². The van der Waals surface area contributed by atoms with Crippen LogP contribution in [-0.4, -0.2) is 54.9 Å². The molecule has 0 saturated carbocycles. The van der Waals surface area contributed by atoms with E-state index in [1.165, 1.54) is 21.3 Å². The molecule has 0 spiro atoms. The summed E-state index contributed by atoms with van der Waals surface area (Å²) >= 11 is 5.89. The molecule has 4 rings (SSSR count). The summed E-state index contributed by atoms with van der Waals surface area (Å²) in [4.78, 5) is 14.3. The van der Waals surface area contributed by atoms with Gasteiger partial charge in [0.05, 0.1) is 10.5 Å².